The van der Waals surface area contributed by atoms with E-state index in [4.69, 9.17) is 4.74 Å². The number of rotatable bonds is 6. The number of carbonyl (C=O) groups is 1. The summed E-state index contributed by atoms with van der Waals surface area (Å²) in [4.78, 5) is 12.3. The van der Waals surface area contributed by atoms with Crippen LogP contribution in [0.5, 0.6) is 5.75 Å². The summed E-state index contributed by atoms with van der Waals surface area (Å²) in [6.07, 6.45) is -0.890. The maximum Gasteiger partial charge on any atom is 0.412 e. The third-order valence-electron chi connectivity index (χ3n) is 3.72. The molecule has 0 fully saturated rings. The summed E-state index contributed by atoms with van der Waals surface area (Å²) >= 11 is 6.69. The molecule has 0 heterocycles. The van der Waals surface area contributed by atoms with Crippen molar-refractivity contribution in [3.8, 4) is 5.75 Å². The number of halogens is 2. The van der Waals surface area contributed by atoms with E-state index < -0.39 is 12.2 Å². The summed E-state index contributed by atoms with van der Waals surface area (Å²) in [7, 11) is 0. The molecule has 2 rings (SSSR count). The Bertz CT molecular complexity index is 722. The first-order chi connectivity index (χ1) is 11.9. The normalized spacial score (nSPS) is 13.1. The number of ether oxygens (including phenoxy) is 1. The van der Waals surface area contributed by atoms with Crippen molar-refractivity contribution in [2.24, 2.45) is 5.92 Å². The molecule has 0 aliphatic carbocycles. The highest BCUT2D eigenvalue weighted by Gasteiger charge is 2.26. The van der Waals surface area contributed by atoms with Gasteiger partial charge in [-0.05, 0) is 54.8 Å². The summed E-state index contributed by atoms with van der Waals surface area (Å²) in [6.45, 7) is 1.82. The maximum absolute atomic E-state index is 12.3. The average Bonchev–Trinajstić information content (AvgIpc) is 2.57. The smallest absolute Gasteiger partial charge is 0.412 e. The molecule has 25 heavy (non-hydrogen) atoms. The second kappa shape index (κ2) is 9.22. The molecular weight excluding hydrogens is 454 g/mol. The number of aromatic hydroxyl groups is 1. The van der Waals surface area contributed by atoms with Gasteiger partial charge in [-0.2, -0.15) is 0 Å². The van der Waals surface area contributed by atoms with Gasteiger partial charge < -0.3 is 14.9 Å². The fourth-order valence-electron chi connectivity index (χ4n) is 2.39. The zero-order valence-corrected chi connectivity index (χ0v) is 16.7. The summed E-state index contributed by atoms with van der Waals surface area (Å²) < 4.78 is 7.23. The fraction of sp³-hybridized carbons (Fsp3) is 0.278. The third kappa shape index (κ3) is 5.73. The molecular formula is C18H19Br2NO4. The second-order valence-corrected chi connectivity index (χ2v) is 7.48. The van der Waals surface area contributed by atoms with Gasteiger partial charge in [0.15, 0.2) is 0 Å². The molecule has 134 valence electrons. The molecule has 0 aliphatic heterocycles. The number of aliphatic hydroxyl groups is 1. The predicted octanol–water partition coefficient (Wildman–Crippen LogP) is 5.23. The topological polar surface area (TPSA) is 78.8 Å². The lowest BCUT2D eigenvalue weighted by molar-refractivity contribution is 0.0652. The van der Waals surface area contributed by atoms with Gasteiger partial charge in [-0.25, -0.2) is 4.79 Å². The monoisotopic (exact) mass is 471 g/mol. The van der Waals surface area contributed by atoms with Crippen LogP contribution < -0.4 is 5.32 Å². The Morgan fingerprint density at radius 2 is 1.80 bits per heavy atom. The van der Waals surface area contributed by atoms with Crippen LogP contribution in [0.15, 0.2) is 51.4 Å². The summed E-state index contributed by atoms with van der Waals surface area (Å²) in [5, 5.41) is 22.0. The van der Waals surface area contributed by atoms with Crippen LogP contribution in [0.4, 0.5) is 10.5 Å². The molecule has 3 N–H and O–H groups in total. The fourth-order valence-corrected chi connectivity index (χ4v) is 3.03. The van der Waals surface area contributed by atoms with Crippen molar-refractivity contribution in [1.29, 1.82) is 0 Å². The van der Waals surface area contributed by atoms with E-state index in [0.29, 0.717) is 17.7 Å². The molecule has 0 unspecified atom stereocenters. The highest BCUT2D eigenvalue weighted by atomic mass is 79.9. The van der Waals surface area contributed by atoms with E-state index in [0.717, 1.165) is 8.95 Å². The van der Waals surface area contributed by atoms with Crippen LogP contribution in [-0.4, -0.2) is 22.9 Å². The Morgan fingerprint density at radius 1 is 1.16 bits per heavy atom. The molecule has 0 aromatic heterocycles. The molecule has 1 amide bonds. The number of hydrogen-bond donors (Lipinski definition) is 3. The van der Waals surface area contributed by atoms with Crippen molar-refractivity contribution in [3.05, 3.63) is 57.0 Å². The van der Waals surface area contributed by atoms with Gasteiger partial charge >= 0.3 is 6.09 Å². The van der Waals surface area contributed by atoms with Gasteiger partial charge in [0.05, 0.1) is 0 Å². The Hall–Kier alpha value is -1.57. The summed E-state index contributed by atoms with van der Waals surface area (Å²) in [5.41, 5.74) is 1.08. The highest BCUT2D eigenvalue weighted by Crippen LogP contribution is 2.36. The average molecular weight is 473 g/mol. The summed E-state index contributed by atoms with van der Waals surface area (Å²) in [5.74, 6) is -0.143. The van der Waals surface area contributed by atoms with Crippen molar-refractivity contribution in [3.63, 3.8) is 0 Å². The van der Waals surface area contributed by atoms with E-state index in [-0.39, 0.29) is 18.3 Å². The number of anilines is 1. The number of phenols is 1. The van der Waals surface area contributed by atoms with Crippen LogP contribution in [0.1, 0.15) is 25.0 Å². The Morgan fingerprint density at radius 3 is 2.44 bits per heavy atom. The maximum atomic E-state index is 12.3. The lowest BCUT2D eigenvalue weighted by atomic mass is 9.94. The molecule has 0 bridgehead atoms. The SMILES string of the molecule is C[C@@H](CCO)[C@@H](OC(=O)Nc1ccc(Br)cc1)c1cc(Br)ccc1O. The van der Waals surface area contributed by atoms with Gasteiger partial charge in [0.1, 0.15) is 11.9 Å². The van der Waals surface area contributed by atoms with Gasteiger partial charge in [-0.1, -0.05) is 38.8 Å². The van der Waals surface area contributed by atoms with Crippen molar-refractivity contribution < 1.29 is 19.7 Å². The lowest BCUT2D eigenvalue weighted by Crippen LogP contribution is -2.22. The first-order valence-electron chi connectivity index (χ1n) is 7.73. The van der Waals surface area contributed by atoms with Gasteiger partial charge in [-0.3, -0.25) is 5.32 Å². The number of amides is 1. The van der Waals surface area contributed by atoms with Crippen LogP contribution in [0, 0.1) is 5.92 Å². The standard InChI is InChI=1S/C18H19Br2NO4/c1-11(8-9-22)17(15-10-13(20)4-7-16(15)23)25-18(24)21-14-5-2-12(19)3-6-14/h2-7,10-11,17,22-23H,8-9H2,1H3,(H,21,24)/t11-,17+/m0/s1. The van der Waals surface area contributed by atoms with Gasteiger partial charge in [0.25, 0.3) is 0 Å². The number of hydrogen-bond acceptors (Lipinski definition) is 4. The molecule has 0 radical (unpaired) electrons. The highest BCUT2D eigenvalue weighted by molar-refractivity contribution is 9.10. The Labute approximate surface area is 163 Å². The number of benzene rings is 2. The summed E-state index contributed by atoms with van der Waals surface area (Å²) in [6, 6.07) is 12.1. The molecule has 0 spiro atoms. The molecule has 0 saturated heterocycles. The van der Waals surface area contributed by atoms with Crippen LogP contribution >= 0.6 is 31.9 Å². The number of phenolic OH excluding ortho intramolecular Hbond substituents is 1. The molecule has 0 saturated carbocycles. The Kier molecular flexibility index (Phi) is 7.28. The third-order valence-corrected chi connectivity index (χ3v) is 4.74. The number of nitrogens with one attached hydrogen (secondary N) is 1. The van der Waals surface area contributed by atoms with Gasteiger partial charge in [0, 0.05) is 26.8 Å². The van der Waals surface area contributed by atoms with Crippen molar-refractivity contribution >= 4 is 43.6 Å². The zero-order chi connectivity index (χ0) is 18.4. The van der Waals surface area contributed by atoms with E-state index in [2.05, 4.69) is 37.2 Å². The first kappa shape index (κ1) is 19.8. The largest absolute Gasteiger partial charge is 0.508 e. The van der Waals surface area contributed by atoms with E-state index in [1.54, 1.807) is 24.3 Å². The van der Waals surface area contributed by atoms with Crippen molar-refractivity contribution in [2.75, 3.05) is 11.9 Å². The molecule has 2 aromatic rings. The van der Waals surface area contributed by atoms with Crippen LogP contribution in [-0.2, 0) is 4.74 Å². The van der Waals surface area contributed by atoms with Crippen molar-refractivity contribution in [2.45, 2.75) is 19.4 Å². The van der Waals surface area contributed by atoms with Crippen LogP contribution in [0.2, 0.25) is 0 Å². The first-order valence-corrected chi connectivity index (χ1v) is 9.31. The molecule has 2 atom stereocenters. The minimum atomic E-state index is -0.694. The van der Waals surface area contributed by atoms with Gasteiger partial charge in [-0.15, -0.1) is 0 Å². The Balaban J connectivity index is 2.19. The van der Waals surface area contributed by atoms with E-state index >= 15 is 0 Å². The molecule has 5 nitrogen and oxygen atoms in total. The minimum Gasteiger partial charge on any atom is -0.508 e. The quantitative estimate of drug-likeness (QED) is 0.538. The van der Waals surface area contributed by atoms with Crippen LogP contribution in [0.25, 0.3) is 0 Å². The van der Waals surface area contributed by atoms with E-state index in [9.17, 15) is 15.0 Å². The van der Waals surface area contributed by atoms with E-state index in [1.165, 1.54) is 6.07 Å². The van der Waals surface area contributed by atoms with Crippen LogP contribution in [0.3, 0.4) is 0 Å². The molecule has 0 aliphatic rings. The second-order valence-electron chi connectivity index (χ2n) is 5.65. The number of carbonyl (C=O) groups excluding carboxylic acids is 1. The predicted molar refractivity (Wildman–Crippen MR) is 104 cm³/mol. The number of aliphatic hydroxyl groups excluding tert-OH is 1. The van der Waals surface area contributed by atoms with Gasteiger partial charge in [0.2, 0.25) is 0 Å². The van der Waals surface area contributed by atoms with Crippen molar-refractivity contribution in [1.82, 2.24) is 0 Å². The minimum absolute atomic E-state index is 0.0365. The lowest BCUT2D eigenvalue weighted by Gasteiger charge is -2.25. The van der Waals surface area contributed by atoms with E-state index in [1.807, 2.05) is 19.1 Å². The molecule has 2 aromatic carbocycles. The molecule has 7 heteroatoms. The zero-order valence-electron chi connectivity index (χ0n) is 13.6.